The lowest BCUT2D eigenvalue weighted by Gasteiger charge is -2.07. The zero-order valence-corrected chi connectivity index (χ0v) is 19.4. The van der Waals surface area contributed by atoms with Crippen LogP contribution in [0.25, 0.3) is 70.0 Å². The molecule has 0 spiro atoms. The van der Waals surface area contributed by atoms with Crippen LogP contribution in [-0.2, 0) is 0 Å². The molecule has 0 radical (unpaired) electrons. The van der Waals surface area contributed by atoms with Gasteiger partial charge in [0.15, 0.2) is 0 Å². The summed E-state index contributed by atoms with van der Waals surface area (Å²) >= 11 is 1.84. The van der Waals surface area contributed by atoms with Crippen LogP contribution in [0, 0.1) is 0 Å². The van der Waals surface area contributed by atoms with E-state index in [2.05, 4.69) is 89.5 Å². The lowest BCUT2D eigenvalue weighted by Crippen LogP contribution is -1.93. The van der Waals surface area contributed by atoms with Crippen molar-refractivity contribution in [3.8, 4) is 16.9 Å². The third-order valence-corrected chi connectivity index (χ3v) is 8.02. The largest absolute Gasteiger partial charge is 0.462 e. The third kappa shape index (κ3) is 2.63. The molecule has 0 aliphatic rings. The van der Waals surface area contributed by atoms with Gasteiger partial charge in [0.1, 0.15) is 11.8 Å². The fourth-order valence-electron chi connectivity index (χ4n) is 5.33. The van der Waals surface area contributed by atoms with E-state index in [1.165, 1.54) is 25.7 Å². The smallest absolute Gasteiger partial charge is 0.136 e. The molecule has 0 saturated carbocycles. The average Bonchev–Trinajstić information content (AvgIpc) is 3.60. The Kier molecular flexibility index (Phi) is 3.82. The Morgan fingerprint density at radius 3 is 2.37 bits per heavy atom. The third-order valence-electron chi connectivity index (χ3n) is 6.88. The van der Waals surface area contributed by atoms with Crippen molar-refractivity contribution in [2.75, 3.05) is 0 Å². The molecular formula is C31H18N2OS. The van der Waals surface area contributed by atoms with Crippen molar-refractivity contribution in [3.63, 3.8) is 0 Å². The molecule has 0 aliphatic carbocycles. The summed E-state index contributed by atoms with van der Waals surface area (Å²) in [5.74, 6) is 0. The van der Waals surface area contributed by atoms with Crippen LogP contribution in [0.2, 0.25) is 0 Å². The Bertz CT molecular complexity index is 2060. The second-order valence-electron chi connectivity index (χ2n) is 8.82. The van der Waals surface area contributed by atoms with Gasteiger partial charge < -0.3 is 8.98 Å². The van der Waals surface area contributed by atoms with E-state index >= 15 is 0 Å². The topological polar surface area (TPSA) is 31.0 Å². The van der Waals surface area contributed by atoms with E-state index in [1.54, 1.807) is 0 Å². The molecule has 4 aromatic heterocycles. The Hall–Kier alpha value is -4.41. The number of hydrogen-bond acceptors (Lipinski definition) is 3. The highest BCUT2D eigenvalue weighted by atomic mass is 32.1. The second-order valence-corrected chi connectivity index (χ2v) is 9.90. The zero-order chi connectivity index (χ0) is 22.9. The number of furan rings is 1. The highest BCUT2D eigenvalue weighted by molar-refractivity contribution is 7.26. The molecule has 0 N–H and O–H groups in total. The molecule has 0 fully saturated rings. The van der Waals surface area contributed by atoms with Crippen LogP contribution < -0.4 is 0 Å². The monoisotopic (exact) mass is 466 g/mol. The molecule has 4 aromatic carbocycles. The highest BCUT2D eigenvalue weighted by Gasteiger charge is 2.21. The van der Waals surface area contributed by atoms with Gasteiger partial charge in [-0.25, -0.2) is 4.98 Å². The quantitative estimate of drug-likeness (QED) is 0.255. The summed E-state index contributed by atoms with van der Waals surface area (Å²) in [7, 11) is 0. The Balaban J connectivity index is 1.59. The van der Waals surface area contributed by atoms with E-state index in [1.807, 2.05) is 35.8 Å². The van der Waals surface area contributed by atoms with E-state index in [0.717, 1.165) is 44.3 Å². The van der Waals surface area contributed by atoms with E-state index in [9.17, 15) is 0 Å². The maximum atomic E-state index is 6.01. The number of pyridine rings is 1. The van der Waals surface area contributed by atoms with Gasteiger partial charge in [0.05, 0.1) is 27.9 Å². The van der Waals surface area contributed by atoms with Crippen molar-refractivity contribution >= 4 is 64.4 Å². The fraction of sp³-hybridized carbons (Fsp3) is 0. The van der Waals surface area contributed by atoms with Crippen LogP contribution in [0.4, 0.5) is 0 Å². The van der Waals surface area contributed by atoms with E-state index in [0.29, 0.717) is 0 Å². The first-order valence-corrected chi connectivity index (χ1v) is 12.5. The lowest BCUT2D eigenvalue weighted by molar-refractivity contribution is 0.614. The average molecular weight is 467 g/mol. The number of nitrogens with zero attached hydrogens (tertiary/aromatic N) is 2. The lowest BCUT2D eigenvalue weighted by atomic mass is 10.1. The van der Waals surface area contributed by atoms with Crippen LogP contribution in [0.5, 0.6) is 0 Å². The Morgan fingerprint density at radius 2 is 1.46 bits per heavy atom. The van der Waals surface area contributed by atoms with Gasteiger partial charge in [-0.15, -0.1) is 11.3 Å². The number of fused-ring (bicyclic) bond motifs is 8. The number of rotatable bonds is 2. The predicted molar refractivity (Wildman–Crippen MR) is 147 cm³/mol. The van der Waals surface area contributed by atoms with Crippen molar-refractivity contribution in [1.82, 2.24) is 9.55 Å². The number of hydrogen-bond donors (Lipinski definition) is 0. The maximum absolute atomic E-state index is 6.01. The minimum Gasteiger partial charge on any atom is -0.462 e. The minimum absolute atomic E-state index is 0.883. The molecule has 0 atom stereocenters. The molecule has 4 heterocycles. The molecule has 8 rings (SSSR count). The van der Waals surface area contributed by atoms with E-state index < -0.39 is 0 Å². The van der Waals surface area contributed by atoms with Crippen LogP contribution in [0.3, 0.4) is 0 Å². The zero-order valence-electron chi connectivity index (χ0n) is 18.6. The summed E-state index contributed by atoms with van der Waals surface area (Å²) in [6, 6.07) is 36.1. The molecule has 0 amide bonds. The standard InChI is InChI=1S/C31H18N2OS/c1-2-8-19(9-3-1)23-15-16-24-30(32-23)22-14-17-28-29(21-11-5-7-13-27(21)35-28)31(22)33(24)25-18-34-26-12-6-4-10-20(25)26/h1-18H. The van der Waals surface area contributed by atoms with Gasteiger partial charge in [0.2, 0.25) is 0 Å². The van der Waals surface area contributed by atoms with Crippen LogP contribution in [0.1, 0.15) is 0 Å². The van der Waals surface area contributed by atoms with Gasteiger partial charge in [0.25, 0.3) is 0 Å². The fourth-order valence-corrected chi connectivity index (χ4v) is 6.44. The van der Waals surface area contributed by atoms with Gasteiger partial charge in [-0.3, -0.25) is 0 Å². The molecule has 3 nitrogen and oxygen atoms in total. The minimum atomic E-state index is 0.883. The Labute approximate surface area is 204 Å². The number of aromatic nitrogens is 2. The molecular weight excluding hydrogens is 448 g/mol. The first kappa shape index (κ1) is 19.0. The first-order valence-electron chi connectivity index (χ1n) is 11.6. The van der Waals surface area contributed by atoms with Crippen molar-refractivity contribution < 1.29 is 4.42 Å². The number of thiophene rings is 1. The maximum Gasteiger partial charge on any atom is 0.136 e. The molecule has 0 bridgehead atoms. The van der Waals surface area contributed by atoms with Crippen LogP contribution in [0.15, 0.2) is 114 Å². The van der Waals surface area contributed by atoms with Crippen molar-refractivity contribution in [3.05, 3.63) is 109 Å². The molecule has 164 valence electrons. The van der Waals surface area contributed by atoms with Crippen molar-refractivity contribution in [2.24, 2.45) is 0 Å². The van der Waals surface area contributed by atoms with Gasteiger partial charge >= 0.3 is 0 Å². The summed E-state index contributed by atoms with van der Waals surface area (Å²) in [6.07, 6.45) is 1.88. The van der Waals surface area contributed by atoms with Gasteiger partial charge in [-0.1, -0.05) is 60.7 Å². The van der Waals surface area contributed by atoms with Crippen molar-refractivity contribution in [2.45, 2.75) is 0 Å². The number of para-hydroxylation sites is 1. The highest BCUT2D eigenvalue weighted by Crippen LogP contribution is 2.43. The van der Waals surface area contributed by atoms with Gasteiger partial charge in [-0.05, 0) is 42.5 Å². The van der Waals surface area contributed by atoms with Crippen LogP contribution >= 0.6 is 11.3 Å². The van der Waals surface area contributed by atoms with Gasteiger partial charge in [-0.2, -0.15) is 0 Å². The van der Waals surface area contributed by atoms with E-state index in [-0.39, 0.29) is 0 Å². The molecule has 0 aliphatic heterocycles. The normalized spacial score (nSPS) is 12.0. The summed E-state index contributed by atoms with van der Waals surface area (Å²) < 4.78 is 10.9. The second kappa shape index (κ2) is 7.05. The SMILES string of the molecule is c1ccc(-c2ccc3c(n2)c2ccc4sc5ccccc5c4c2n3-c2coc3ccccc23)cc1. The number of benzene rings is 4. The van der Waals surface area contributed by atoms with Crippen LogP contribution in [-0.4, -0.2) is 9.55 Å². The summed E-state index contributed by atoms with van der Waals surface area (Å²) in [5.41, 5.74) is 7.28. The predicted octanol–water partition coefficient (Wildman–Crippen LogP) is 8.96. The summed E-state index contributed by atoms with van der Waals surface area (Å²) in [6.45, 7) is 0. The van der Waals surface area contributed by atoms with E-state index in [4.69, 9.17) is 9.40 Å². The molecule has 4 heteroatoms. The summed E-state index contributed by atoms with van der Waals surface area (Å²) in [4.78, 5) is 5.21. The summed E-state index contributed by atoms with van der Waals surface area (Å²) in [5, 5.41) is 4.79. The molecule has 0 unspecified atom stereocenters. The first-order chi connectivity index (χ1) is 17.4. The van der Waals surface area contributed by atoms with Gasteiger partial charge in [0, 0.05) is 36.5 Å². The molecule has 0 saturated heterocycles. The molecule has 8 aromatic rings. The van der Waals surface area contributed by atoms with Crippen molar-refractivity contribution in [1.29, 1.82) is 0 Å². The Morgan fingerprint density at radius 1 is 0.657 bits per heavy atom. The molecule has 35 heavy (non-hydrogen) atoms.